The largest absolute Gasteiger partial charge is 0.492 e. The van der Waals surface area contributed by atoms with Gasteiger partial charge in [-0.2, -0.15) is 0 Å². The average molecular weight is 313 g/mol. The third kappa shape index (κ3) is 5.91. The highest BCUT2D eigenvalue weighted by Crippen LogP contribution is 2.14. The van der Waals surface area contributed by atoms with Crippen LogP contribution < -0.4 is 15.2 Å². The highest BCUT2D eigenvalue weighted by atomic mass is 32.2. The maximum atomic E-state index is 11.8. The molecule has 2 rings (SSSR count). The van der Waals surface area contributed by atoms with Gasteiger partial charge in [0.05, 0.1) is 5.75 Å². The van der Waals surface area contributed by atoms with Gasteiger partial charge in [-0.1, -0.05) is 6.07 Å². The fourth-order valence-corrected chi connectivity index (χ4v) is 3.16. The lowest BCUT2D eigenvalue weighted by Gasteiger charge is -2.15. The Morgan fingerprint density at radius 2 is 2.05 bits per heavy atom. The van der Waals surface area contributed by atoms with Gasteiger partial charge in [0.2, 0.25) is 10.0 Å². The summed E-state index contributed by atoms with van der Waals surface area (Å²) in [6, 6.07) is 6.95. The summed E-state index contributed by atoms with van der Waals surface area (Å²) >= 11 is 0. The number of likely N-dealkylation sites (tertiary alicyclic amines) is 1. The van der Waals surface area contributed by atoms with Crippen molar-refractivity contribution in [3.8, 4) is 5.75 Å². The summed E-state index contributed by atoms with van der Waals surface area (Å²) < 4.78 is 31.7. The van der Waals surface area contributed by atoms with Crippen LogP contribution in [0.1, 0.15) is 12.8 Å². The topological polar surface area (TPSA) is 84.7 Å². The first-order valence-electron chi connectivity index (χ1n) is 7.23. The molecule has 1 aromatic carbocycles. The molecular weight excluding hydrogens is 290 g/mol. The number of anilines is 1. The molecule has 1 aromatic rings. The molecule has 0 atom stereocenters. The summed E-state index contributed by atoms with van der Waals surface area (Å²) in [5, 5.41) is 0. The van der Waals surface area contributed by atoms with Gasteiger partial charge in [0.25, 0.3) is 0 Å². The van der Waals surface area contributed by atoms with Gasteiger partial charge in [0.1, 0.15) is 12.4 Å². The monoisotopic (exact) mass is 313 g/mol. The number of benzene rings is 1. The maximum Gasteiger partial charge on any atom is 0.214 e. The first-order chi connectivity index (χ1) is 10.1. The smallest absolute Gasteiger partial charge is 0.214 e. The molecule has 0 radical (unpaired) electrons. The van der Waals surface area contributed by atoms with Crippen molar-refractivity contribution in [2.24, 2.45) is 0 Å². The van der Waals surface area contributed by atoms with Crippen LogP contribution in [-0.2, 0) is 10.0 Å². The zero-order valence-corrected chi connectivity index (χ0v) is 12.9. The predicted octanol–water partition coefficient (Wildman–Crippen LogP) is 0.663. The molecule has 1 saturated heterocycles. The molecular formula is C14H23N3O3S. The van der Waals surface area contributed by atoms with Crippen molar-refractivity contribution >= 4 is 15.7 Å². The van der Waals surface area contributed by atoms with Crippen LogP contribution in [0.5, 0.6) is 5.75 Å². The van der Waals surface area contributed by atoms with Crippen LogP contribution in [0, 0.1) is 0 Å². The number of hydrogen-bond acceptors (Lipinski definition) is 5. The maximum absolute atomic E-state index is 11.8. The summed E-state index contributed by atoms with van der Waals surface area (Å²) in [4.78, 5) is 2.27. The van der Waals surface area contributed by atoms with E-state index in [-0.39, 0.29) is 12.4 Å². The minimum absolute atomic E-state index is 0.0538. The number of sulfonamides is 1. The van der Waals surface area contributed by atoms with Crippen molar-refractivity contribution in [3.63, 3.8) is 0 Å². The Kier molecular flexibility index (Phi) is 5.84. The van der Waals surface area contributed by atoms with E-state index in [1.54, 1.807) is 24.3 Å². The Balaban J connectivity index is 1.66. The van der Waals surface area contributed by atoms with Gasteiger partial charge in [0, 0.05) is 24.8 Å². The van der Waals surface area contributed by atoms with E-state index in [2.05, 4.69) is 9.62 Å². The molecule has 3 N–H and O–H groups in total. The van der Waals surface area contributed by atoms with Crippen molar-refractivity contribution in [3.05, 3.63) is 24.3 Å². The highest BCUT2D eigenvalue weighted by Gasteiger charge is 2.14. The van der Waals surface area contributed by atoms with Gasteiger partial charge >= 0.3 is 0 Å². The zero-order chi connectivity index (χ0) is 15.1. The molecule has 1 aliphatic rings. The Labute approximate surface area is 126 Å². The molecule has 0 aliphatic carbocycles. The highest BCUT2D eigenvalue weighted by molar-refractivity contribution is 7.89. The minimum Gasteiger partial charge on any atom is -0.492 e. The third-order valence-electron chi connectivity index (χ3n) is 3.43. The van der Waals surface area contributed by atoms with Crippen molar-refractivity contribution in [2.45, 2.75) is 12.8 Å². The van der Waals surface area contributed by atoms with Crippen LogP contribution in [0.15, 0.2) is 24.3 Å². The Bertz CT molecular complexity index is 542. The molecule has 0 aromatic heterocycles. The van der Waals surface area contributed by atoms with Crippen LogP contribution in [-0.4, -0.2) is 51.9 Å². The lowest BCUT2D eigenvalue weighted by Crippen LogP contribution is -2.35. The number of rotatable bonds is 8. The van der Waals surface area contributed by atoms with E-state index in [1.807, 2.05) is 0 Å². The van der Waals surface area contributed by atoms with E-state index in [4.69, 9.17) is 10.5 Å². The third-order valence-corrected chi connectivity index (χ3v) is 4.78. The first-order valence-corrected chi connectivity index (χ1v) is 8.88. The standard InChI is InChI=1S/C14H23N3O3S/c15-13-4-3-5-14(12-13)20-10-11-21(18,19)16-6-9-17-7-1-2-8-17/h3-5,12,16H,1-2,6-11,15H2. The molecule has 0 unspecified atom stereocenters. The lowest BCUT2D eigenvalue weighted by atomic mass is 10.3. The number of ether oxygens (including phenoxy) is 1. The molecule has 1 fully saturated rings. The fraction of sp³-hybridized carbons (Fsp3) is 0.571. The SMILES string of the molecule is Nc1cccc(OCCS(=O)(=O)NCCN2CCCC2)c1. The van der Waals surface area contributed by atoms with E-state index in [0.29, 0.717) is 18.0 Å². The summed E-state index contributed by atoms with van der Waals surface area (Å²) in [5.74, 6) is 0.532. The first kappa shape index (κ1) is 16.1. The fourth-order valence-electron chi connectivity index (χ4n) is 2.31. The summed E-state index contributed by atoms with van der Waals surface area (Å²) in [6.07, 6.45) is 2.42. The molecule has 0 spiro atoms. The molecule has 0 amide bonds. The Hall–Kier alpha value is -1.31. The summed E-state index contributed by atoms with van der Waals surface area (Å²) in [6.45, 7) is 3.49. The number of nitrogens with two attached hydrogens (primary N) is 1. The van der Waals surface area contributed by atoms with Crippen LogP contribution in [0.25, 0.3) is 0 Å². The Morgan fingerprint density at radius 1 is 1.29 bits per heavy atom. The molecule has 118 valence electrons. The minimum atomic E-state index is -3.29. The average Bonchev–Trinajstić information content (AvgIpc) is 2.91. The van der Waals surface area contributed by atoms with E-state index >= 15 is 0 Å². The van der Waals surface area contributed by atoms with Crippen LogP contribution in [0.4, 0.5) is 5.69 Å². The van der Waals surface area contributed by atoms with Crippen LogP contribution >= 0.6 is 0 Å². The second-order valence-electron chi connectivity index (χ2n) is 5.18. The molecule has 1 heterocycles. The lowest BCUT2D eigenvalue weighted by molar-refractivity contribution is 0.337. The van der Waals surface area contributed by atoms with Crippen LogP contribution in [0.2, 0.25) is 0 Å². The van der Waals surface area contributed by atoms with Gasteiger partial charge in [-0.3, -0.25) is 0 Å². The van der Waals surface area contributed by atoms with Crippen molar-refractivity contribution in [1.29, 1.82) is 0 Å². The van der Waals surface area contributed by atoms with E-state index in [9.17, 15) is 8.42 Å². The molecule has 1 aliphatic heterocycles. The molecule has 6 nitrogen and oxygen atoms in total. The quantitative estimate of drug-likeness (QED) is 0.689. The van der Waals surface area contributed by atoms with E-state index < -0.39 is 10.0 Å². The van der Waals surface area contributed by atoms with E-state index in [1.165, 1.54) is 12.8 Å². The molecule has 0 bridgehead atoms. The van der Waals surface area contributed by atoms with Gasteiger partial charge < -0.3 is 15.4 Å². The summed E-state index contributed by atoms with van der Waals surface area (Å²) in [7, 11) is -3.29. The number of hydrogen-bond donors (Lipinski definition) is 2. The molecule has 7 heteroatoms. The van der Waals surface area contributed by atoms with Crippen molar-refractivity contribution in [1.82, 2.24) is 9.62 Å². The normalized spacial score (nSPS) is 16.2. The second-order valence-corrected chi connectivity index (χ2v) is 7.11. The second kappa shape index (κ2) is 7.63. The van der Waals surface area contributed by atoms with Gasteiger partial charge in [-0.15, -0.1) is 0 Å². The number of nitrogen functional groups attached to an aromatic ring is 1. The van der Waals surface area contributed by atoms with E-state index in [0.717, 1.165) is 19.6 Å². The molecule has 0 saturated carbocycles. The van der Waals surface area contributed by atoms with Gasteiger partial charge in [0.15, 0.2) is 0 Å². The van der Waals surface area contributed by atoms with Crippen molar-refractivity contribution < 1.29 is 13.2 Å². The van der Waals surface area contributed by atoms with Crippen molar-refractivity contribution in [2.75, 3.05) is 44.3 Å². The molecule has 21 heavy (non-hydrogen) atoms. The van der Waals surface area contributed by atoms with Crippen LogP contribution in [0.3, 0.4) is 0 Å². The van der Waals surface area contributed by atoms with Gasteiger partial charge in [-0.25, -0.2) is 13.1 Å². The predicted molar refractivity (Wildman–Crippen MR) is 83.8 cm³/mol. The van der Waals surface area contributed by atoms with Gasteiger partial charge in [-0.05, 0) is 38.1 Å². The summed E-state index contributed by atoms with van der Waals surface area (Å²) in [5.41, 5.74) is 6.22. The Morgan fingerprint density at radius 3 is 2.76 bits per heavy atom. The zero-order valence-electron chi connectivity index (χ0n) is 12.1. The number of nitrogens with zero attached hydrogens (tertiary/aromatic N) is 1. The number of nitrogens with one attached hydrogen (secondary N) is 1.